The van der Waals surface area contributed by atoms with Gasteiger partial charge in [-0.2, -0.15) is 0 Å². The molecule has 0 amide bonds. The van der Waals surface area contributed by atoms with E-state index in [4.69, 9.17) is 15.1 Å². The summed E-state index contributed by atoms with van der Waals surface area (Å²) in [7, 11) is -14.0. The second-order valence-electron chi connectivity index (χ2n) is 1.28. The van der Waals surface area contributed by atoms with E-state index in [1.54, 1.807) is 0 Å². The molecule has 88 valence electrons. The van der Waals surface area contributed by atoms with Crippen molar-refractivity contribution < 1.29 is 77.3 Å². The summed E-state index contributed by atoms with van der Waals surface area (Å²) in [4.78, 5) is 36.9. The average molecular weight is 338 g/mol. The van der Waals surface area contributed by atoms with Crippen LogP contribution in [-0.4, -0.2) is 22.4 Å². The van der Waals surface area contributed by atoms with Crippen LogP contribution >= 0.6 is 14.6 Å². The third-order valence-corrected chi connectivity index (χ3v) is 2.70. The van der Waals surface area contributed by atoms with Gasteiger partial charge in [-0.1, -0.05) is 0 Å². The van der Waals surface area contributed by atoms with Gasteiger partial charge in [0, 0.05) is 0 Å². The Bertz CT molecular complexity index is 180. The Hall–Kier alpha value is 1.26. The first kappa shape index (κ1) is 24.5. The zero-order valence-electron chi connectivity index (χ0n) is 5.93. The molecule has 0 bridgehead atoms. The number of rotatable bonds is 1. The van der Waals surface area contributed by atoms with Gasteiger partial charge in [0.05, 0.1) is 0 Å². The summed E-state index contributed by atoms with van der Waals surface area (Å²) in [6, 6.07) is 0. The van der Waals surface area contributed by atoms with Crippen molar-refractivity contribution in [1.82, 2.24) is 0 Å². The Balaban J connectivity index is -0.0000000733. The van der Waals surface area contributed by atoms with Crippen LogP contribution in [-0.2, 0) is 42.7 Å². The maximum Gasteiger partial charge on any atom is 2.00 e. The zero-order valence-corrected chi connectivity index (χ0v) is 9.80. The summed E-state index contributed by atoms with van der Waals surface area (Å²) in [5.74, 6) is 0. The fourth-order valence-corrected chi connectivity index (χ4v) is 0. The minimum atomic E-state index is -5.91. The van der Waals surface area contributed by atoms with Gasteiger partial charge < -0.3 is 43.8 Å². The number of hydrogen-bond donors (Lipinski definition) is 3. The molecule has 0 saturated heterocycles. The van der Waals surface area contributed by atoms with Gasteiger partial charge in [0.2, 0.25) is 0 Å². The van der Waals surface area contributed by atoms with E-state index in [0.717, 1.165) is 0 Å². The predicted molar refractivity (Wildman–Crippen MR) is 27.6 cm³/mol. The molecule has 0 aliphatic rings. The first-order valence-corrected chi connectivity index (χ1v) is 5.86. The second kappa shape index (κ2) is 9.48. The molecule has 0 aliphatic heterocycles. The molecule has 14 heteroatoms. The molecule has 0 spiro atoms. The smallest absolute Gasteiger partial charge is 0.807 e. The SMILES string of the molecule is O=P([O-])([O-])P(=O)([O-])[O-].OB(O)O.[Co+2].[Co+2]. The van der Waals surface area contributed by atoms with E-state index in [-0.39, 0.29) is 33.6 Å². The summed E-state index contributed by atoms with van der Waals surface area (Å²) in [5.41, 5.74) is 0. The summed E-state index contributed by atoms with van der Waals surface area (Å²) in [6.07, 6.45) is 0. The minimum Gasteiger partial charge on any atom is -0.807 e. The topological polar surface area (TPSA) is 187 Å². The Morgan fingerprint density at radius 2 is 0.857 bits per heavy atom. The molecule has 0 aromatic heterocycles. The van der Waals surface area contributed by atoms with Gasteiger partial charge in [0.15, 0.2) is 0 Å². The number of hydrogen-bond acceptors (Lipinski definition) is 9. The Kier molecular flexibility index (Phi) is 16.6. The maximum absolute atomic E-state index is 9.24. The minimum absolute atomic E-state index is 0. The van der Waals surface area contributed by atoms with E-state index in [1.165, 1.54) is 0 Å². The van der Waals surface area contributed by atoms with Gasteiger partial charge in [-0.25, -0.2) is 0 Å². The monoisotopic (exact) mass is 338 g/mol. The molecule has 2 radical (unpaired) electrons. The molecule has 0 fully saturated rings. The summed E-state index contributed by atoms with van der Waals surface area (Å²) in [5, 5.41) is 21.5. The second-order valence-corrected chi connectivity index (χ2v) is 6.10. The van der Waals surface area contributed by atoms with Crippen molar-refractivity contribution in [2.24, 2.45) is 0 Å². The van der Waals surface area contributed by atoms with E-state index < -0.39 is 21.9 Å². The first-order chi connectivity index (χ1) is 4.98. The van der Waals surface area contributed by atoms with Gasteiger partial charge in [-0.05, 0) is 14.6 Å². The molecular weight excluding hydrogens is 335 g/mol. The quantitative estimate of drug-likeness (QED) is 0.310. The first-order valence-electron chi connectivity index (χ1n) is 2.07. The standard InChI is InChI=1S/BH3O3.2Co.H4O6P2/c2-1(3)4;;;1-7(2,3)8(4,5)6/h2-4H;;;(H2,1,2,3)(H2,4,5,6)/q;2*+2;/p-4. The van der Waals surface area contributed by atoms with Crippen LogP contribution in [0.5, 0.6) is 0 Å². The molecule has 14 heavy (non-hydrogen) atoms. The van der Waals surface area contributed by atoms with E-state index in [2.05, 4.69) is 0 Å². The third-order valence-electron chi connectivity index (χ3n) is 0.300. The molecule has 3 N–H and O–H groups in total. The van der Waals surface area contributed by atoms with Crippen molar-refractivity contribution in [1.29, 1.82) is 0 Å². The fraction of sp³-hybridized carbons (Fsp3) is 0. The van der Waals surface area contributed by atoms with Crippen LogP contribution in [0.4, 0.5) is 0 Å². The van der Waals surface area contributed by atoms with E-state index in [0.29, 0.717) is 0 Å². The van der Waals surface area contributed by atoms with E-state index >= 15 is 0 Å². The van der Waals surface area contributed by atoms with Crippen LogP contribution < -0.4 is 19.6 Å². The van der Waals surface area contributed by atoms with Gasteiger partial charge >= 0.3 is 40.9 Å². The van der Waals surface area contributed by atoms with Crippen molar-refractivity contribution in [3.05, 3.63) is 0 Å². The summed E-state index contributed by atoms with van der Waals surface area (Å²) < 4.78 is 18.5. The van der Waals surface area contributed by atoms with Crippen molar-refractivity contribution >= 4 is 21.9 Å². The fourth-order valence-electron chi connectivity index (χ4n) is 0. The van der Waals surface area contributed by atoms with Gasteiger partial charge in [0.1, 0.15) is 0 Å². The molecule has 0 aromatic rings. The molecule has 0 aliphatic carbocycles. The molecule has 0 unspecified atom stereocenters. The van der Waals surface area contributed by atoms with Crippen molar-refractivity contribution in [2.75, 3.05) is 0 Å². The van der Waals surface area contributed by atoms with E-state index in [9.17, 15) is 28.7 Å². The largest absolute Gasteiger partial charge is 2.00 e. The summed E-state index contributed by atoms with van der Waals surface area (Å²) in [6.45, 7) is 0. The van der Waals surface area contributed by atoms with Crippen LogP contribution in [0.3, 0.4) is 0 Å². The molecule has 0 aromatic carbocycles. The molecule has 0 heterocycles. The zero-order chi connectivity index (χ0) is 10.6. The molecule has 0 atom stereocenters. The Labute approximate surface area is 99.3 Å². The van der Waals surface area contributed by atoms with Crippen molar-refractivity contribution in [3.63, 3.8) is 0 Å². The van der Waals surface area contributed by atoms with Crippen LogP contribution in [0, 0.1) is 0 Å². The van der Waals surface area contributed by atoms with Crippen LogP contribution in [0.2, 0.25) is 0 Å². The van der Waals surface area contributed by atoms with Crippen LogP contribution in [0.15, 0.2) is 0 Å². The normalized spacial score (nSPS) is 9.93. The van der Waals surface area contributed by atoms with Crippen molar-refractivity contribution in [3.8, 4) is 0 Å². The van der Waals surface area contributed by atoms with Gasteiger partial charge in [0.25, 0.3) is 0 Å². The van der Waals surface area contributed by atoms with Crippen LogP contribution in [0.1, 0.15) is 0 Å². The third kappa shape index (κ3) is 18.9. The Morgan fingerprint density at radius 1 is 0.786 bits per heavy atom. The Morgan fingerprint density at radius 3 is 0.857 bits per heavy atom. The molecule has 0 saturated carbocycles. The van der Waals surface area contributed by atoms with Gasteiger partial charge in [-0.15, -0.1) is 0 Å². The van der Waals surface area contributed by atoms with E-state index in [1.807, 2.05) is 0 Å². The summed E-state index contributed by atoms with van der Waals surface area (Å²) >= 11 is 0. The molecule has 0 rings (SSSR count). The average Bonchev–Trinajstić information content (AvgIpc) is 1.55. The molecule has 9 nitrogen and oxygen atoms in total. The predicted octanol–water partition coefficient (Wildman–Crippen LogP) is -5.33. The molecular formula is H3BCo2O9P2. The maximum atomic E-state index is 9.24. The van der Waals surface area contributed by atoms with Crippen LogP contribution in [0.25, 0.3) is 0 Å². The van der Waals surface area contributed by atoms with Gasteiger partial charge in [-0.3, -0.25) is 0 Å². The van der Waals surface area contributed by atoms with Crippen molar-refractivity contribution in [2.45, 2.75) is 0 Å².